The summed E-state index contributed by atoms with van der Waals surface area (Å²) in [6.07, 6.45) is 3.57. The van der Waals surface area contributed by atoms with E-state index in [4.69, 9.17) is 20.4 Å². The summed E-state index contributed by atoms with van der Waals surface area (Å²) < 4.78 is 10.6. The zero-order valence-corrected chi connectivity index (χ0v) is 16.8. The Balaban J connectivity index is 0.000000502. The van der Waals surface area contributed by atoms with Crippen molar-refractivity contribution in [3.63, 3.8) is 0 Å². The fraction of sp³-hybridized carbons (Fsp3) is 0.364. The van der Waals surface area contributed by atoms with Crippen molar-refractivity contribution in [3.05, 3.63) is 60.2 Å². The van der Waals surface area contributed by atoms with Crippen LogP contribution in [0.1, 0.15) is 37.7 Å². The summed E-state index contributed by atoms with van der Waals surface area (Å²) in [5, 5.41) is 8.36. The first-order chi connectivity index (χ1) is 14.1. The van der Waals surface area contributed by atoms with E-state index in [9.17, 15) is 9.59 Å². The Morgan fingerprint density at radius 1 is 1.10 bits per heavy atom. The average Bonchev–Trinajstić information content (AvgIpc) is 2.76. The maximum absolute atomic E-state index is 11.0. The number of hydrogen-bond acceptors (Lipinski definition) is 6. The number of methoxy groups -OCH3 is 1. The Kier molecular flexibility index (Phi) is 12.5. The number of benzene rings is 2. The van der Waals surface area contributed by atoms with Crippen molar-refractivity contribution in [1.82, 2.24) is 5.48 Å². The average molecular weight is 402 g/mol. The van der Waals surface area contributed by atoms with Crippen LogP contribution >= 0.6 is 0 Å². The molecular formula is C22H30N2O5. The zero-order valence-electron chi connectivity index (χ0n) is 16.8. The monoisotopic (exact) mass is 402 g/mol. The van der Waals surface area contributed by atoms with E-state index in [0.717, 1.165) is 36.1 Å². The topological polar surface area (TPSA) is 111 Å². The third kappa shape index (κ3) is 11.5. The lowest BCUT2D eigenvalue weighted by Gasteiger charge is -2.12. The van der Waals surface area contributed by atoms with Gasteiger partial charge in [-0.2, -0.15) is 0 Å². The van der Waals surface area contributed by atoms with Gasteiger partial charge in [0.1, 0.15) is 18.1 Å². The van der Waals surface area contributed by atoms with Gasteiger partial charge in [-0.3, -0.25) is 10.0 Å². The van der Waals surface area contributed by atoms with E-state index >= 15 is 0 Å². The first-order valence-electron chi connectivity index (χ1n) is 9.52. The van der Waals surface area contributed by atoms with Gasteiger partial charge in [-0.1, -0.05) is 43.2 Å². The lowest BCUT2D eigenvalue weighted by Crippen LogP contribution is -2.18. The van der Waals surface area contributed by atoms with Gasteiger partial charge < -0.3 is 20.0 Å². The lowest BCUT2D eigenvalue weighted by atomic mass is 10.1. The molecule has 0 radical (unpaired) electrons. The molecule has 29 heavy (non-hydrogen) atoms. The summed E-state index contributed by atoms with van der Waals surface area (Å²) in [4.78, 5) is 21.8. The van der Waals surface area contributed by atoms with Crippen LogP contribution in [0.25, 0.3) is 0 Å². The third-order valence-electron chi connectivity index (χ3n) is 4.09. The number of nitrogens with two attached hydrogens (primary N) is 1. The molecule has 158 valence electrons. The highest BCUT2D eigenvalue weighted by Gasteiger charge is 2.08. The summed E-state index contributed by atoms with van der Waals surface area (Å²) in [7, 11) is 1.61. The molecule has 0 heterocycles. The van der Waals surface area contributed by atoms with Gasteiger partial charge in [0.05, 0.1) is 13.7 Å². The normalized spacial score (nSPS) is 11.0. The molecule has 0 aliphatic heterocycles. The number of para-hydroxylation sites is 1. The van der Waals surface area contributed by atoms with Gasteiger partial charge in [-0.25, -0.2) is 5.48 Å². The second-order valence-corrected chi connectivity index (χ2v) is 6.38. The van der Waals surface area contributed by atoms with Crippen LogP contribution in [-0.4, -0.2) is 30.6 Å². The molecule has 2 rings (SSSR count). The summed E-state index contributed by atoms with van der Waals surface area (Å²) in [5.74, 6) is 0.394. The molecule has 0 aromatic heterocycles. The number of aldehydes is 1. The van der Waals surface area contributed by atoms with Crippen LogP contribution in [0.3, 0.4) is 0 Å². The van der Waals surface area contributed by atoms with Gasteiger partial charge in [0.25, 0.3) is 0 Å². The van der Waals surface area contributed by atoms with Crippen LogP contribution in [-0.2, 0) is 20.9 Å². The number of carbonyl (C=O) groups is 2. The molecule has 7 heteroatoms. The number of nitrogens with one attached hydrogen (secondary N) is 1. The molecule has 0 bridgehead atoms. The smallest absolute Gasteiger partial charge is 0.243 e. The highest BCUT2D eigenvalue weighted by Crippen LogP contribution is 2.14. The fourth-order valence-electron chi connectivity index (χ4n) is 2.43. The van der Waals surface area contributed by atoms with E-state index in [0.29, 0.717) is 19.4 Å². The van der Waals surface area contributed by atoms with Crippen LogP contribution in [0.4, 0.5) is 5.69 Å². The van der Waals surface area contributed by atoms with Crippen molar-refractivity contribution in [2.75, 3.05) is 12.8 Å². The van der Waals surface area contributed by atoms with Gasteiger partial charge in [0, 0.05) is 12.1 Å². The fourth-order valence-corrected chi connectivity index (χ4v) is 2.43. The standard InChI is InChI=1S/C16H23NO5.C6H7N/c1-21-14-9-7-13(8-10-14)12-22-15(11-18)5-3-2-4-6-16(19)17-20;7-6-4-2-1-3-5-6/h7-11,15,20H,2-6,12H2,1H3,(H,17,19);1-5H,7H2. The van der Waals surface area contributed by atoms with Crippen molar-refractivity contribution in [2.24, 2.45) is 0 Å². The van der Waals surface area contributed by atoms with Crippen LogP contribution in [0.15, 0.2) is 54.6 Å². The van der Waals surface area contributed by atoms with E-state index in [1.54, 1.807) is 12.6 Å². The van der Waals surface area contributed by atoms with Crippen molar-refractivity contribution in [2.45, 2.75) is 44.8 Å². The second-order valence-electron chi connectivity index (χ2n) is 6.38. The van der Waals surface area contributed by atoms with Crippen molar-refractivity contribution in [1.29, 1.82) is 0 Å². The molecule has 0 saturated heterocycles. The van der Waals surface area contributed by atoms with E-state index in [-0.39, 0.29) is 12.3 Å². The highest BCUT2D eigenvalue weighted by molar-refractivity contribution is 5.74. The molecule has 0 aliphatic rings. The lowest BCUT2D eigenvalue weighted by molar-refractivity contribution is -0.129. The molecule has 0 aliphatic carbocycles. The molecule has 2 aromatic carbocycles. The third-order valence-corrected chi connectivity index (χ3v) is 4.09. The number of unbranched alkanes of at least 4 members (excludes halogenated alkanes) is 2. The van der Waals surface area contributed by atoms with Crippen molar-refractivity contribution in [3.8, 4) is 5.75 Å². The number of amides is 1. The second kappa shape index (κ2) is 15.1. The van der Waals surface area contributed by atoms with Gasteiger partial charge in [-0.05, 0) is 42.7 Å². The number of carbonyl (C=O) groups excluding carboxylic acids is 2. The Bertz CT molecular complexity index is 692. The number of ether oxygens (including phenoxy) is 2. The Morgan fingerprint density at radius 3 is 2.31 bits per heavy atom. The molecule has 1 amide bonds. The minimum Gasteiger partial charge on any atom is -0.497 e. The number of hydrogen-bond donors (Lipinski definition) is 3. The Morgan fingerprint density at radius 2 is 1.79 bits per heavy atom. The van der Waals surface area contributed by atoms with Gasteiger partial charge in [0.2, 0.25) is 5.91 Å². The molecule has 1 unspecified atom stereocenters. The van der Waals surface area contributed by atoms with Crippen LogP contribution in [0.2, 0.25) is 0 Å². The molecule has 1 atom stereocenters. The van der Waals surface area contributed by atoms with Crippen molar-refractivity contribution >= 4 is 17.9 Å². The molecule has 0 fully saturated rings. The quantitative estimate of drug-likeness (QED) is 0.174. The summed E-state index contributed by atoms with van der Waals surface area (Å²) in [5.41, 5.74) is 8.75. The Labute approximate surface area is 171 Å². The number of anilines is 1. The number of rotatable bonds is 11. The van der Waals surface area contributed by atoms with Gasteiger partial charge in [-0.15, -0.1) is 0 Å². The van der Waals surface area contributed by atoms with Gasteiger partial charge in [0.15, 0.2) is 0 Å². The Hall–Kier alpha value is -2.90. The highest BCUT2D eigenvalue weighted by atomic mass is 16.5. The van der Waals surface area contributed by atoms with E-state index in [1.165, 1.54) is 0 Å². The minimum atomic E-state index is -0.436. The number of hydroxylamine groups is 1. The molecule has 0 saturated carbocycles. The zero-order chi connectivity index (χ0) is 21.3. The first kappa shape index (κ1) is 24.1. The van der Waals surface area contributed by atoms with E-state index in [1.807, 2.05) is 54.6 Å². The van der Waals surface area contributed by atoms with E-state index in [2.05, 4.69) is 0 Å². The largest absolute Gasteiger partial charge is 0.497 e. The molecule has 0 spiro atoms. The maximum atomic E-state index is 11.0. The SMILES string of the molecule is COc1ccc(COC(C=O)CCCCCC(=O)NO)cc1.Nc1ccccc1. The molecule has 2 aromatic rings. The summed E-state index contributed by atoms with van der Waals surface area (Å²) in [6, 6.07) is 17.0. The molecule has 4 N–H and O–H groups in total. The molecule has 7 nitrogen and oxygen atoms in total. The summed E-state index contributed by atoms with van der Waals surface area (Å²) in [6.45, 7) is 0.375. The minimum absolute atomic E-state index is 0.287. The summed E-state index contributed by atoms with van der Waals surface area (Å²) >= 11 is 0. The van der Waals surface area contributed by atoms with Crippen molar-refractivity contribution < 1.29 is 24.3 Å². The maximum Gasteiger partial charge on any atom is 0.243 e. The van der Waals surface area contributed by atoms with Crippen LogP contribution in [0.5, 0.6) is 5.75 Å². The van der Waals surface area contributed by atoms with Crippen LogP contribution in [0, 0.1) is 0 Å². The van der Waals surface area contributed by atoms with Gasteiger partial charge >= 0.3 is 0 Å². The first-order valence-corrected chi connectivity index (χ1v) is 9.52. The predicted octanol–water partition coefficient (Wildman–Crippen LogP) is 3.50. The molecular weight excluding hydrogens is 372 g/mol. The number of nitrogen functional groups attached to an aromatic ring is 1. The van der Waals surface area contributed by atoms with Crippen LogP contribution < -0.4 is 16.0 Å². The van der Waals surface area contributed by atoms with E-state index < -0.39 is 6.10 Å². The predicted molar refractivity (Wildman–Crippen MR) is 112 cm³/mol.